The van der Waals surface area contributed by atoms with Crippen LogP contribution in [0.2, 0.25) is 0 Å². The van der Waals surface area contributed by atoms with Gasteiger partial charge in [0.2, 0.25) is 0 Å². The summed E-state index contributed by atoms with van der Waals surface area (Å²) in [6, 6.07) is 6.39. The largest absolute Gasteiger partial charge is 0.488 e. The van der Waals surface area contributed by atoms with E-state index in [0.29, 0.717) is 0 Å². The van der Waals surface area contributed by atoms with Gasteiger partial charge in [-0.1, -0.05) is 12.5 Å². The Kier molecular flexibility index (Phi) is 3.76. The number of nitrogens with two attached hydrogens (primary N) is 1. The molecule has 1 fully saturated rings. The molecule has 0 bridgehead atoms. The average molecular weight is 261 g/mol. The molecule has 3 atom stereocenters. The average Bonchev–Trinajstić information content (AvgIpc) is 2.42. The molecule has 1 aromatic carbocycles. The van der Waals surface area contributed by atoms with E-state index in [1.165, 1.54) is 17.5 Å². The maximum Gasteiger partial charge on any atom is 0.124 e. The van der Waals surface area contributed by atoms with E-state index in [-0.39, 0.29) is 18.2 Å². The first-order valence-electron chi connectivity index (χ1n) is 7.47. The van der Waals surface area contributed by atoms with Gasteiger partial charge in [-0.25, -0.2) is 0 Å². The molecular weight excluding hydrogens is 238 g/mol. The summed E-state index contributed by atoms with van der Waals surface area (Å²) in [5.74, 6) is 0.863. The van der Waals surface area contributed by atoms with Crippen LogP contribution >= 0.6 is 0 Å². The molecule has 0 aromatic heterocycles. The van der Waals surface area contributed by atoms with Gasteiger partial charge in [0.05, 0.1) is 6.10 Å². The van der Waals surface area contributed by atoms with Crippen molar-refractivity contribution in [1.82, 2.24) is 0 Å². The number of rotatable bonds is 2. The number of hydrogen-bond acceptors (Lipinski definition) is 3. The second-order valence-electron chi connectivity index (χ2n) is 5.87. The molecule has 19 heavy (non-hydrogen) atoms. The Morgan fingerprint density at radius 2 is 1.95 bits per heavy atom. The summed E-state index contributed by atoms with van der Waals surface area (Å²) in [5.41, 5.74) is 8.76. The number of benzene rings is 1. The van der Waals surface area contributed by atoms with E-state index >= 15 is 0 Å². The highest BCUT2D eigenvalue weighted by molar-refractivity contribution is 5.39. The van der Waals surface area contributed by atoms with Gasteiger partial charge in [-0.15, -0.1) is 0 Å². The Bertz CT molecular complexity index is 446. The zero-order valence-electron chi connectivity index (χ0n) is 11.3. The topological polar surface area (TPSA) is 55.5 Å². The van der Waals surface area contributed by atoms with Crippen LogP contribution in [0.3, 0.4) is 0 Å². The van der Waals surface area contributed by atoms with E-state index < -0.39 is 0 Å². The smallest absolute Gasteiger partial charge is 0.124 e. The van der Waals surface area contributed by atoms with Crippen LogP contribution in [0.1, 0.15) is 55.7 Å². The zero-order chi connectivity index (χ0) is 13.2. The zero-order valence-corrected chi connectivity index (χ0v) is 11.3. The molecule has 0 amide bonds. The predicted octanol–water partition coefficient (Wildman–Crippen LogP) is 2.71. The molecule has 3 rings (SSSR count). The van der Waals surface area contributed by atoms with Crippen molar-refractivity contribution in [3.63, 3.8) is 0 Å². The van der Waals surface area contributed by atoms with Crippen molar-refractivity contribution in [3.05, 3.63) is 29.3 Å². The highest BCUT2D eigenvalue weighted by Gasteiger charge is 2.25. The van der Waals surface area contributed by atoms with Gasteiger partial charge in [0, 0.05) is 6.04 Å². The van der Waals surface area contributed by atoms with E-state index in [1.807, 2.05) is 6.07 Å². The Morgan fingerprint density at radius 3 is 2.79 bits per heavy atom. The van der Waals surface area contributed by atoms with Crippen molar-refractivity contribution in [2.75, 3.05) is 0 Å². The van der Waals surface area contributed by atoms with Crippen molar-refractivity contribution in [1.29, 1.82) is 0 Å². The first kappa shape index (κ1) is 12.9. The van der Waals surface area contributed by atoms with E-state index in [1.54, 1.807) is 0 Å². The molecule has 3 heteroatoms. The fraction of sp³-hybridized carbons (Fsp3) is 0.625. The normalized spacial score (nSPS) is 30.7. The monoisotopic (exact) mass is 261 g/mol. The summed E-state index contributed by atoms with van der Waals surface area (Å²) in [4.78, 5) is 0. The van der Waals surface area contributed by atoms with Crippen LogP contribution in [0.25, 0.3) is 0 Å². The number of fused-ring (bicyclic) bond motifs is 1. The SMILES string of the molecule is N[C@H]1CCCc2ccc(OC3CCCCC3O)cc21. The van der Waals surface area contributed by atoms with Gasteiger partial charge in [-0.2, -0.15) is 0 Å². The Labute approximate surface area is 114 Å². The van der Waals surface area contributed by atoms with Gasteiger partial charge in [-0.05, 0) is 61.8 Å². The lowest BCUT2D eigenvalue weighted by atomic mass is 9.88. The van der Waals surface area contributed by atoms with Crippen molar-refractivity contribution < 1.29 is 9.84 Å². The molecule has 1 saturated carbocycles. The minimum Gasteiger partial charge on any atom is -0.488 e. The third-order valence-corrected chi connectivity index (χ3v) is 4.43. The number of aliphatic hydroxyl groups is 1. The van der Waals surface area contributed by atoms with Crippen LogP contribution in [-0.2, 0) is 6.42 Å². The molecule has 2 aliphatic carbocycles. The second-order valence-corrected chi connectivity index (χ2v) is 5.87. The van der Waals surface area contributed by atoms with Crippen LogP contribution in [0, 0.1) is 0 Å². The number of ether oxygens (including phenoxy) is 1. The Hall–Kier alpha value is -1.06. The Morgan fingerprint density at radius 1 is 1.11 bits per heavy atom. The number of hydrogen-bond donors (Lipinski definition) is 2. The van der Waals surface area contributed by atoms with Gasteiger partial charge < -0.3 is 15.6 Å². The molecule has 0 radical (unpaired) electrons. The van der Waals surface area contributed by atoms with Gasteiger partial charge >= 0.3 is 0 Å². The van der Waals surface area contributed by atoms with Gasteiger partial charge in [-0.3, -0.25) is 0 Å². The van der Waals surface area contributed by atoms with Crippen LogP contribution in [0.4, 0.5) is 0 Å². The minimum absolute atomic E-state index is 0.0494. The first-order chi connectivity index (χ1) is 9.24. The molecule has 0 spiro atoms. The number of aliphatic hydroxyl groups excluding tert-OH is 1. The molecule has 3 nitrogen and oxygen atoms in total. The summed E-state index contributed by atoms with van der Waals surface area (Å²) in [6.07, 6.45) is 7.04. The summed E-state index contributed by atoms with van der Waals surface area (Å²) in [7, 11) is 0. The van der Waals surface area contributed by atoms with Gasteiger partial charge in [0.15, 0.2) is 0 Å². The second kappa shape index (κ2) is 5.51. The minimum atomic E-state index is -0.321. The van der Waals surface area contributed by atoms with Gasteiger partial charge in [0.1, 0.15) is 11.9 Å². The van der Waals surface area contributed by atoms with E-state index in [9.17, 15) is 5.11 Å². The summed E-state index contributed by atoms with van der Waals surface area (Å²) in [5, 5.41) is 9.97. The quantitative estimate of drug-likeness (QED) is 0.860. The lowest BCUT2D eigenvalue weighted by molar-refractivity contribution is 0.00681. The van der Waals surface area contributed by atoms with Crippen molar-refractivity contribution >= 4 is 0 Å². The first-order valence-corrected chi connectivity index (χ1v) is 7.47. The van der Waals surface area contributed by atoms with E-state index in [2.05, 4.69) is 12.1 Å². The molecule has 0 aliphatic heterocycles. The van der Waals surface area contributed by atoms with E-state index in [4.69, 9.17) is 10.5 Å². The lowest BCUT2D eigenvalue weighted by Crippen LogP contribution is -2.34. The Balaban J connectivity index is 1.76. The summed E-state index contributed by atoms with van der Waals surface area (Å²) >= 11 is 0. The lowest BCUT2D eigenvalue weighted by Gasteiger charge is -2.29. The highest BCUT2D eigenvalue weighted by atomic mass is 16.5. The third kappa shape index (κ3) is 2.77. The summed E-state index contributed by atoms with van der Waals surface area (Å²) < 4.78 is 5.98. The third-order valence-electron chi connectivity index (χ3n) is 4.43. The molecule has 3 N–H and O–H groups in total. The van der Waals surface area contributed by atoms with Crippen molar-refractivity contribution in [3.8, 4) is 5.75 Å². The molecule has 2 aliphatic rings. The van der Waals surface area contributed by atoms with Crippen molar-refractivity contribution in [2.45, 2.75) is 63.2 Å². The van der Waals surface area contributed by atoms with Crippen LogP contribution < -0.4 is 10.5 Å². The molecule has 2 unspecified atom stereocenters. The van der Waals surface area contributed by atoms with Crippen LogP contribution in [0.5, 0.6) is 5.75 Å². The molecule has 1 aromatic rings. The maximum atomic E-state index is 9.97. The van der Waals surface area contributed by atoms with Crippen LogP contribution in [-0.4, -0.2) is 17.3 Å². The maximum absolute atomic E-state index is 9.97. The fourth-order valence-electron chi connectivity index (χ4n) is 3.28. The predicted molar refractivity (Wildman–Crippen MR) is 75.2 cm³/mol. The molecule has 0 saturated heterocycles. The van der Waals surface area contributed by atoms with E-state index in [0.717, 1.165) is 44.3 Å². The van der Waals surface area contributed by atoms with Crippen LogP contribution in [0.15, 0.2) is 18.2 Å². The molecule has 0 heterocycles. The standard InChI is InChI=1S/C16H23NO2/c17-14-5-3-4-11-8-9-12(10-13(11)14)19-16-7-2-1-6-15(16)18/h8-10,14-16,18H,1-7,17H2/t14-,15?,16?/m0/s1. The number of aryl methyl sites for hydroxylation is 1. The molecular formula is C16H23NO2. The molecule has 104 valence electrons. The fourth-order valence-corrected chi connectivity index (χ4v) is 3.28. The summed E-state index contributed by atoms with van der Waals surface area (Å²) in [6.45, 7) is 0. The highest BCUT2D eigenvalue weighted by Crippen LogP contribution is 2.32. The van der Waals surface area contributed by atoms with Gasteiger partial charge in [0.25, 0.3) is 0 Å². The van der Waals surface area contributed by atoms with Crippen molar-refractivity contribution in [2.24, 2.45) is 5.73 Å².